The highest BCUT2D eigenvalue weighted by atomic mass is 19.4. The predicted molar refractivity (Wildman–Crippen MR) is 95.5 cm³/mol. The molecule has 0 radical (unpaired) electrons. The third-order valence-electron chi connectivity index (χ3n) is 4.42. The fraction of sp³-hybridized carbons (Fsp3) is 0.286. The van der Waals surface area contributed by atoms with Crippen molar-refractivity contribution < 1.29 is 27.4 Å². The van der Waals surface area contributed by atoms with Gasteiger partial charge in [-0.1, -0.05) is 42.5 Å². The molecule has 0 aliphatic carbocycles. The SMILES string of the molecule is CCOC(=O)C1=Cc2ccc(Cc3ccccc3)c(C)c2OC1C(F)(F)F. The lowest BCUT2D eigenvalue weighted by Gasteiger charge is -2.29. The Morgan fingerprint density at radius 2 is 1.85 bits per heavy atom. The third-order valence-corrected chi connectivity index (χ3v) is 4.42. The van der Waals surface area contributed by atoms with Crippen LogP contribution < -0.4 is 4.74 Å². The van der Waals surface area contributed by atoms with Gasteiger partial charge in [-0.05, 0) is 43.0 Å². The van der Waals surface area contributed by atoms with Crippen molar-refractivity contribution in [1.82, 2.24) is 0 Å². The molecule has 3 rings (SSSR count). The smallest absolute Gasteiger partial charge is 0.430 e. The average Bonchev–Trinajstić information content (AvgIpc) is 2.63. The van der Waals surface area contributed by atoms with E-state index in [-0.39, 0.29) is 12.4 Å². The Morgan fingerprint density at radius 1 is 1.15 bits per heavy atom. The molecule has 1 unspecified atom stereocenters. The number of benzene rings is 2. The summed E-state index contributed by atoms with van der Waals surface area (Å²) in [5.41, 5.74) is 2.45. The number of hydrogen-bond donors (Lipinski definition) is 0. The summed E-state index contributed by atoms with van der Waals surface area (Å²) in [6.07, 6.45) is -5.27. The second-order valence-electron chi connectivity index (χ2n) is 6.29. The lowest BCUT2D eigenvalue weighted by Crippen LogP contribution is -2.41. The maximum absolute atomic E-state index is 13.5. The molecular weight excluding hydrogens is 357 g/mol. The number of carbonyl (C=O) groups is 1. The molecule has 6 heteroatoms. The van der Waals surface area contributed by atoms with Crippen molar-refractivity contribution in [3.63, 3.8) is 0 Å². The highest BCUT2D eigenvalue weighted by molar-refractivity contribution is 5.96. The van der Waals surface area contributed by atoms with E-state index >= 15 is 0 Å². The summed E-state index contributed by atoms with van der Waals surface area (Å²) in [5, 5.41) is 0. The predicted octanol–water partition coefficient (Wildman–Crippen LogP) is 4.86. The zero-order chi connectivity index (χ0) is 19.6. The molecule has 0 saturated heterocycles. The molecule has 142 valence electrons. The number of carbonyl (C=O) groups excluding carboxylic acids is 1. The highest BCUT2D eigenvalue weighted by Gasteiger charge is 2.49. The van der Waals surface area contributed by atoms with Crippen LogP contribution >= 0.6 is 0 Å². The Morgan fingerprint density at radius 3 is 2.48 bits per heavy atom. The Hall–Kier alpha value is -2.76. The number of alkyl halides is 3. The van der Waals surface area contributed by atoms with Gasteiger partial charge in [0.15, 0.2) is 0 Å². The first kappa shape index (κ1) is 19.0. The molecule has 2 aromatic rings. The van der Waals surface area contributed by atoms with E-state index in [4.69, 9.17) is 9.47 Å². The van der Waals surface area contributed by atoms with Crippen molar-refractivity contribution in [1.29, 1.82) is 0 Å². The van der Waals surface area contributed by atoms with Gasteiger partial charge in [-0.3, -0.25) is 0 Å². The van der Waals surface area contributed by atoms with E-state index in [1.54, 1.807) is 19.9 Å². The summed E-state index contributed by atoms with van der Waals surface area (Å²) in [6.45, 7) is 3.26. The van der Waals surface area contributed by atoms with Gasteiger partial charge in [-0.15, -0.1) is 0 Å². The molecule has 0 saturated carbocycles. The minimum atomic E-state index is -4.72. The van der Waals surface area contributed by atoms with Gasteiger partial charge in [0.2, 0.25) is 6.10 Å². The van der Waals surface area contributed by atoms with Gasteiger partial charge in [-0.25, -0.2) is 4.79 Å². The number of rotatable bonds is 4. The zero-order valence-electron chi connectivity index (χ0n) is 15.0. The van der Waals surface area contributed by atoms with Crippen LogP contribution in [0.25, 0.3) is 6.08 Å². The summed E-state index contributed by atoms with van der Waals surface area (Å²) in [4.78, 5) is 12.0. The van der Waals surface area contributed by atoms with Crippen LogP contribution in [-0.4, -0.2) is 24.9 Å². The zero-order valence-corrected chi connectivity index (χ0v) is 15.0. The van der Waals surface area contributed by atoms with E-state index in [0.29, 0.717) is 17.5 Å². The number of esters is 1. The minimum Gasteiger partial charge on any atom is -0.475 e. The molecular formula is C21H19F3O3. The van der Waals surface area contributed by atoms with Gasteiger partial charge in [0, 0.05) is 5.56 Å². The van der Waals surface area contributed by atoms with Crippen LogP contribution in [0.4, 0.5) is 13.2 Å². The number of halogens is 3. The molecule has 1 aliphatic heterocycles. The lowest BCUT2D eigenvalue weighted by molar-refractivity contribution is -0.188. The maximum Gasteiger partial charge on any atom is 0.430 e. The number of fused-ring (bicyclic) bond motifs is 1. The summed E-state index contributed by atoms with van der Waals surface area (Å²) in [5.74, 6) is -0.865. The van der Waals surface area contributed by atoms with Crippen LogP contribution in [0, 0.1) is 6.92 Å². The summed E-state index contributed by atoms with van der Waals surface area (Å²) < 4.78 is 50.5. The van der Waals surface area contributed by atoms with Crippen molar-refractivity contribution in [2.75, 3.05) is 6.61 Å². The Bertz CT molecular complexity index is 870. The van der Waals surface area contributed by atoms with E-state index in [2.05, 4.69) is 0 Å². The van der Waals surface area contributed by atoms with Gasteiger partial charge < -0.3 is 9.47 Å². The van der Waals surface area contributed by atoms with Crippen molar-refractivity contribution in [2.24, 2.45) is 0 Å². The van der Waals surface area contributed by atoms with Crippen molar-refractivity contribution >= 4 is 12.0 Å². The van der Waals surface area contributed by atoms with Gasteiger partial charge >= 0.3 is 12.1 Å². The minimum absolute atomic E-state index is 0.0113. The van der Waals surface area contributed by atoms with E-state index < -0.39 is 23.8 Å². The molecule has 1 atom stereocenters. The molecule has 3 nitrogen and oxygen atoms in total. The largest absolute Gasteiger partial charge is 0.475 e. The van der Waals surface area contributed by atoms with Crippen LogP contribution in [-0.2, 0) is 16.0 Å². The van der Waals surface area contributed by atoms with Gasteiger partial charge in [0.25, 0.3) is 0 Å². The molecule has 0 fully saturated rings. The summed E-state index contributed by atoms with van der Waals surface area (Å²) in [6, 6.07) is 13.2. The molecule has 1 heterocycles. The molecule has 2 aromatic carbocycles. The maximum atomic E-state index is 13.5. The number of hydrogen-bond acceptors (Lipinski definition) is 3. The van der Waals surface area contributed by atoms with E-state index in [9.17, 15) is 18.0 Å². The molecule has 0 spiro atoms. The number of ether oxygens (including phenoxy) is 2. The average molecular weight is 376 g/mol. The summed E-state index contributed by atoms with van der Waals surface area (Å²) >= 11 is 0. The van der Waals surface area contributed by atoms with E-state index in [1.165, 1.54) is 6.08 Å². The molecule has 0 aromatic heterocycles. The third kappa shape index (κ3) is 3.99. The van der Waals surface area contributed by atoms with E-state index in [0.717, 1.165) is 11.1 Å². The van der Waals surface area contributed by atoms with Gasteiger partial charge in [-0.2, -0.15) is 13.2 Å². The van der Waals surface area contributed by atoms with Gasteiger partial charge in [0.05, 0.1) is 12.2 Å². The Kier molecular flexibility index (Phi) is 5.26. The van der Waals surface area contributed by atoms with Crippen LogP contribution in [0.1, 0.15) is 29.2 Å². The van der Waals surface area contributed by atoms with Crippen molar-refractivity contribution in [3.8, 4) is 5.75 Å². The normalized spacial score (nSPS) is 16.2. The van der Waals surface area contributed by atoms with Gasteiger partial charge in [0.1, 0.15) is 5.75 Å². The second-order valence-corrected chi connectivity index (χ2v) is 6.29. The molecule has 0 N–H and O–H groups in total. The van der Waals surface area contributed by atoms with Crippen molar-refractivity contribution in [3.05, 3.63) is 70.3 Å². The lowest BCUT2D eigenvalue weighted by atomic mass is 9.94. The van der Waals surface area contributed by atoms with Crippen LogP contribution in [0.3, 0.4) is 0 Å². The molecule has 27 heavy (non-hydrogen) atoms. The highest BCUT2D eigenvalue weighted by Crippen LogP contribution is 2.40. The quantitative estimate of drug-likeness (QED) is 0.715. The van der Waals surface area contributed by atoms with Crippen LogP contribution in [0.15, 0.2) is 48.0 Å². The van der Waals surface area contributed by atoms with Crippen molar-refractivity contribution in [2.45, 2.75) is 32.5 Å². The fourth-order valence-corrected chi connectivity index (χ4v) is 3.08. The Labute approximate surface area is 155 Å². The second kappa shape index (κ2) is 7.47. The molecule has 1 aliphatic rings. The van der Waals surface area contributed by atoms with E-state index in [1.807, 2.05) is 36.4 Å². The molecule has 0 bridgehead atoms. The topological polar surface area (TPSA) is 35.5 Å². The monoisotopic (exact) mass is 376 g/mol. The summed E-state index contributed by atoms with van der Waals surface area (Å²) in [7, 11) is 0. The fourth-order valence-electron chi connectivity index (χ4n) is 3.08. The first-order valence-electron chi connectivity index (χ1n) is 8.59. The van der Waals surface area contributed by atoms with Crippen LogP contribution in [0.5, 0.6) is 5.75 Å². The Balaban J connectivity index is 2.02. The van der Waals surface area contributed by atoms with Crippen LogP contribution in [0.2, 0.25) is 0 Å². The first-order chi connectivity index (χ1) is 12.8. The first-order valence-corrected chi connectivity index (χ1v) is 8.59. The molecule has 0 amide bonds. The standard InChI is InChI=1S/C21H19F3O3/c1-3-26-20(25)17-12-16-10-9-15(11-14-7-5-4-6-8-14)13(2)18(16)27-19(17)21(22,23)24/h4-10,12,19H,3,11H2,1-2H3.